The average Bonchev–Trinajstić information content (AvgIpc) is 2.26. The Bertz CT molecular complexity index is 324. The largest absolute Gasteiger partial charge is 0.496 e. The van der Waals surface area contributed by atoms with Gasteiger partial charge in [0.1, 0.15) is 5.75 Å². The summed E-state index contributed by atoms with van der Waals surface area (Å²) in [5.41, 5.74) is 2.54. The molecule has 16 heavy (non-hydrogen) atoms. The molecule has 0 saturated carbocycles. The summed E-state index contributed by atoms with van der Waals surface area (Å²) in [6.45, 7) is 4.93. The van der Waals surface area contributed by atoms with E-state index in [2.05, 4.69) is 43.4 Å². The third kappa shape index (κ3) is 3.83. The average molecular weight is 222 g/mol. The summed E-state index contributed by atoms with van der Waals surface area (Å²) in [4.78, 5) is 2.15. The van der Waals surface area contributed by atoms with Gasteiger partial charge >= 0.3 is 0 Å². The zero-order chi connectivity index (χ0) is 12.0. The number of ether oxygens (including phenoxy) is 1. The van der Waals surface area contributed by atoms with Crippen molar-refractivity contribution in [2.24, 2.45) is 0 Å². The first-order valence-electron chi connectivity index (χ1n) is 5.68. The molecule has 0 unspecified atom stereocenters. The minimum Gasteiger partial charge on any atom is -0.496 e. The molecule has 1 aromatic rings. The van der Waals surface area contributed by atoms with Crippen LogP contribution in [0.25, 0.3) is 0 Å². The minimum atomic E-state index is 0.906. The molecule has 0 spiro atoms. The molecule has 3 nitrogen and oxygen atoms in total. The first-order chi connectivity index (χ1) is 7.67. The van der Waals surface area contributed by atoms with Gasteiger partial charge in [-0.1, -0.05) is 13.0 Å². The predicted octanol–water partition coefficient (Wildman–Crippen LogP) is 1.87. The maximum atomic E-state index is 5.36. The van der Waals surface area contributed by atoms with Crippen molar-refractivity contribution < 1.29 is 4.74 Å². The van der Waals surface area contributed by atoms with Crippen LogP contribution in [0, 0.1) is 0 Å². The number of benzene rings is 1. The maximum Gasteiger partial charge on any atom is 0.123 e. The van der Waals surface area contributed by atoms with Crippen molar-refractivity contribution in [1.82, 2.24) is 10.2 Å². The molecule has 0 fully saturated rings. The molecule has 0 bridgehead atoms. The van der Waals surface area contributed by atoms with Gasteiger partial charge in [0.05, 0.1) is 7.11 Å². The zero-order valence-corrected chi connectivity index (χ0v) is 10.7. The summed E-state index contributed by atoms with van der Waals surface area (Å²) in [7, 11) is 5.85. The molecule has 0 aromatic heterocycles. The summed E-state index contributed by atoms with van der Waals surface area (Å²) in [6, 6.07) is 6.37. The highest BCUT2D eigenvalue weighted by Crippen LogP contribution is 2.20. The number of hydrogen-bond donors (Lipinski definition) is 1. The van der Waals surface area contributed by atoms with Gasteiger partial charge < -0.3 is 15.0 Å². The van der Waals surface area contributed by atoms with Gasteiger partial charge in [0.2, 0.25) is 0 Å². The Morgan fingerprint density at radius 2 is 2.06 bits per heavy atom. The highest BCUT2D eigenvalue weighted by molar-refractivity contribution is 5.37. The van der Waals surface area contributed by atoms with Crippen LogP contribution < -0.4 is 10.1 Å². The first kappa shape index (κ1) is 13.0. The van der Waals surface area contributed by atoms with Crippen molar-refractivity contribution in [2.45, 2.75) is 20.0 Å². The van der Waals surface area contributed by atoms with Gasteiger partial charge in [0.25, 0.3) is 0 Å². The molecule has 0 amide bonds. The van der Waals surface area contributed by atoms with Crippen molar-refractivity contribution in [1.29, 1.82) is 0 Å². The fourth-order valence-electron chi connectivity index (χ4n) is 1.68. The molecule has 0 heterocycles. The van der Waals surface area contributed by atoms with Gasteiger partial charge in [-0.3, -0.25) is 0 Å². The lowest BCUT2D eigenvalue weighted by atomic mass is 10.1. The Balaban J connectivity index is 2.83. The number of rotatable bonds is 6. The molecule has 0 aliphatic heterocycles. The second-order valence-corrected chi connectivity index (χ2v) is 4.16. The molecule has 90 valence electrons. The van der Waals surface area contributed by atoms with Crippen LogP contribution >= 0.6 is 0 Å². The fraction of sp³-hybridized carbons (Fsp3) is 0.538. The fourth-order valence-corrected chi connectivity index (χ4v) is 1.68. The van der Waals surface area contributed by atoms with Crippen LogP contribution in [-0.4, -0.2) is 32.6 Å². The summed E-state index contributed by atoms with van der Waals surface area (Å²) < 4.78 is 5.36. The number of hydrogen-bond acceptors (Lipinski definition) is 3. The van der Waals surface area contributed by atoms with Crippen LogP contribution in [0.1, 0.15) is 18.1 Å². The number of nitrogens with one attached hydrogen (secondary N) is 1. The van der Waals surface area contributed by atoms with Crippen LogP contribution in [0.2, 0.25) is 0 Å². The second-order valence-electron chi connectivity index (χ2n) is 4.16. The van der Waals surface area contributed by atoms with Crippen LogP contribution in [0.15, 0.2) is 18.2 Å². The Morgan fingerprint density at radius 3 is 2.62 bits per heavy atom. The van der Waals surface area contributed by atoms with Crippen LogP contribution in [-0.2, 0) is 13.1 Å². The molecule has 1 N–H and O–H groups in total. The maximum absolute atomic E-state index is 5.36. The van der Waals surface area contributed by atoms with Gasteiger partial charge in [-0.2, -0.15) is 0 Å². The van der Waals surface area contributed by atoms with E-state index in [4.69, 9.17) is 4.74 Å². The third-order valence-electron chi connectivity index (χ3n) is 2.41. The van der Waals surface area contributed by atoms with E-state index in [1.165, 1.54) is 11.1 Å². The van der Waals surface area contributed by atoms with E-state index in [0.29, 0.717) is 0 Å². The summed E-state index contributed by atoms with van der Waals surface area (Å²) in [5.74, 6) is 0.967. The van der Waals surface area contributed by atoms with E-state index in [9.17, 15) is 0 Å². The Morgan fingerprint density at radius 1 is 1.31 bits per heavy atom. The van der Waals surface area contributed by atoms with Crippen molar-refractivity contribution in [3.05, 3.63) is 29.3 Å². The smallest absolute Gasteiger partial charge is 0.123 e. The topological polar surface area (TPSA) is 24.5 Å². The highest BCUT2D eigenvalue weighted by Gasteiger charge is 2.05. The number of methoxy groups -OCH3 is 1. The van der Waals surface area contributed by atoms with E-state index in [-0.39, 0.29) is 0 Å². The molecule has 1 aromatic carbocycles. The predicted molar refractivity (Wildman–Crippen MR) is 67.8 cm³/mol. The molecule has 0 atom stereocenters. The molecule has 1 rings (SSSR count). The van der Waals surface area contributed by atoms with E-state index in [1.54, 1.807) is 7.11 Å². The lowest BCUT2D eigenvalue weighted by Gasteiger charge is -2.15. The molecule has 0 aliphatic carbocycles. The van der Waals surface area contributed by atoms with Crippen molar-refractivity contribution >= 4 is 0 Å². The van der Waals surface area contributed by atoms with Gasteiger partial charge in [-0.15, -0.1) is 0 Å². The van der Waals surface area contributed by atoms with Crippen molar-refractivity contribution in [3.63, 3.8) is 0 Å². The molecular weight excluding hydrogens is 200 g/mol. The first-order valence-corrected chi connectivity index (χ1v) is 5.68. The molecule has 0 saturated heterocycles. The quantitative estimate of drug-likeness (QED) is 0.795. The van der Waals surface area contributed by atoms with Crippen LogP contribution in [0.5, 0.6) is 5.75 Å². The Hall–Kier alpha value is -1.06. The molecule has 0 radical (unpaired) electrons. The van der Waals surface area contributed by atoms with Gasteiger partial charge in [-0.05, 0) is 38.3 Å². The van der Waals surface area contributed by atoms with Gasteiger partial charge in [0.15, 0.2) is 0 Å². The monoisotopic (exact) mass is 222 g/mol. The summed E-state index contributed by atoms with van der Waals surface area (Å²) >= 11 is 0. The Labute approximate surface area is 98.4 Å². The van der Waals surface area contributed by atoms with E-state index >= 15 is 0 Å². The van der Waals surface area contributed by atoms with Gasteiger partial charge in [0, 0.05) is 18.7 Å². The minimum absolute atomic E-state index is 0.906. The Kier molecular flexibility index (Phi) is 5.29. The standard InChI is InChI=1S/C13H22N2O/c1-5-14-9-11-6-7-13(16-4)12(8-11)10-15(2)3/h6-8,14H,5,9-10H2,1-4H3. The van der Waals surface area contributed by atoms with Crippen molar-refractivity contribution in [3.8, 4) is 5.75 Å². The van der Waals surface area contributed by atoms with E-state index in [0.717, 1.165) is 25.4 Å². The highest BCUT2D eigenvalue weighted by atomic mass is 16.5. The zero-order valence-electron chi connectivity index (χ0n) is 10.7. The lowest BCUT2D eigenvalue weighted by Crippen LogP contribution is -2.14. The lowest BCUT2D eigenvalue weighted by molar-refractivity contribution is 0.371. The summed E-state index contributed by atoms with van der Waals surface area (Å²) in [6.07, 6.45) is 0. The van der Waals surface area contributed by atoms with Crippen LogP contribution in [0.4, 0.5) is 0 Å². The summed E-state index contributed by atoms with van der Waals surface area (Å²) in [5, 5.41) is 3.33. The van der Waals surface area contributed by atoms with E-state index in [1.807, 2.05) is 6.07 Å². The molecule has 0 aliphatic rings. The molecule has 3 heteroatoms. The van der Waals surface area contributed by atoms with Crippen molar-refractivity contribution in [2.75, 3.05) is 27.7 Å². The second kappa shape index (κ2) is 6.51. The van der Waals surface area contributed by atoms with Gasteiger partial charge in [-0.25, -0.2) is 0 Å². The number of nitrogens with zero attached hydrogens (tertiary/aromatic N) is 1. The third-order valence-corrected chi connectivity index (χ3v) is 2.41. The van der Waals surface area contributed by atoms with Crippen LogP contribution in [0.3, 0.4) is 0 Å². The van der Waals surface area contributed by atoms with E-state index < -0.39 is 0 Å². The SMILES string of the molecule is CCNCc1ccc(OC)c(CN(C)C)c1. The normalized spacial score (nSPS) is 10.8. The molecular formula is C13H22N2O.